The monoisotopic (exact) mass is 491 g/mol. The molecule has 2 aromatic carbocycles. The van der Waals surface area contributed by atoms with Crippen LogP contribution in [0.15, 0.2) is 64.6 Å². The second-order valence-corrected chi connectivity index (χ2v) is 9.98. The number of ketones is 1. The summed E-state index contributed by atoms with van der Waals surface area (Å²) in [6.07, 6.45) is 0.395. The van der Waals surface area contributed by atoms with Crippen molar-refractivity contribution < 1.29 is 28.2 Å². The Balaban J connectivity index is 1.83. The van der Waals surface area contributed by atoms with Crippen LogP contribution in [0, 0.1) is 12.7 Å². The molecule has 1 aliphatic rings. The van der Waals surface area contributed by atoms with Crippen molar-refractivity contribution in [2.75, 3.05) is 13.7 Å². The number of Topliss-reactive ketones (excluding diaryl/α,β-unsaturated/α-hetero) is 1. The Labute approximate surface area is 210 Å². The molecule has 2 heterocycles. The lowest BCUT2D eigenvalue weighted by atomic mass is 9.85. The van der Waals surface area contributed by atoms with Gasteiger partial charge in [-0.2, -0.15) is 0 Å². The summed E-state index contributed by atoms with van der Waals surface area (Å²) in [6, 6.07) is 13.9. The summed E-state index contributed by atoms with van der Waals surface area (Å²) in [6.45, 7) is 8.07. The molecular formula is C29H30FNO5. The summed E-state index contributed by atoms with van der Waals surface area (Å²) >= 11 is 0. The van der Waals surface area contributed by atoms with Crippen LogP contribution < -0.4 is 4.74 Å². The number of hydrogen-bond donors (Lipinski definition) is 1. The second kappa shape index (κ2) is 9.64. The number of furan rings is 1. The minimum Gasteiger partial charge on any atom is -0.507 e. The van der Waals surface area contributed by atoms with Gasteiger partial charge >= 0.3 is 0 Å². The van der Waals surface area contributed by atoms with Crippen molar-refractivity contribution in [2.24, 2.45) is 0 Å². The molecule has 0 aliphatic carbocycles. The predicted molar refractivity (Wildman–Crippen MR) is 134 cm³/mol. The fraction of sp³-hybridized carbons (Fsp3) is 0.310. The van der Waals surface area contributed by atoms with E-state index in [-0.39, 0.29) is 29.1 Å². The zero-order valence-electron chi connectivity index (χ0n) is 21.1. The number of hydrogen-bond acceptors (Lipinski definition) is 5. The van der Waals surface area contributed by atoms with Crippen LogP contribution in [0.25, 0.3) is 5.76 Å². The van der Waals surface area contributed by atoms with Gasteiger partial charge in [-0.3, -0.25) is 9.59 Å². The highest BCUT2D eigenvalue weighted by Gasteiger charge is 2.47. The van der Waals surface area contributed by atoms with Gasteiger partial charge in [-0.15, -0.1) is 0 Å². The quantitative estimate of drug-likeness (QED) is 0.272. The van der Waals surface area contributed by atoms with E-state index < -0.39 is 17.7 Å². The number of halogens is 1. The Hall–Kier alpha value is -3.87. The highest BCUT2D eigenvalue weighted by Crippen LogP contribution is 2.42. The van der Waals surface area contributed by atoms with Crippen molar-refractivity contribution in [1.82, 2.24) is 4.90 Å². The molecule has 0 saturated carbocycles. The highest BCUT2D eigenvalue weighted by molar-refractivity contribution is 6.46. The molecule has 1 saturated heterocycles. The Morgan fingerprint density at radius 1 is 1.08 bits per heavy atom. The summed E-state index contributed by atoms with van der Waals surface area (Å²) in [4.78, 5) is 27.9. The number of rotatable bonds is 6. The largest absolute Gasteiger partial charge is 0.507 e. The number of likely N-dealkylation sites (tertiary alicyclic amines) is 1. The average Bonchev–Trinajstić information content (AvgIpc) is 3.38. The van der Waals surface area contributed by atoms with Gasteiger partial charge in [0.2, 0.25) is 0 Å². The number of amides is 1. The summed E-state index contributed by atoms with van der Waals surface area (Å²) in [5, 5.41) is 11.5. The van der Waals surface area contributed by atoms with Gasteiger partial charge in [0, 0.05) is 6.54 Å². The lowest BCUT2D eigenvalue weighted by Gasteiger charge is -2.24. The molecule has 1 aromatic heterocycles. The fourth-order valence-electron chi connectivity index (χ4n) is 4.41. The van der Waals surface area contributed by atoms with Crippen LogP contribution in [0.5, 0.6) is 5.75 Å². The number of benzene rings is 2. The maximum absolute atomic E-state index is 13.3. The van der Waals surface area contributed by atoms with E-state index in [1.807, 2.05) is 26.8 Å². The van der Waals surface area contributed by atoms with E-state index in [1.54, 1.807) is 43.3 Å². The smallest absolute Gasteiger partial charge is 0.295 e. The van der Waals surface area contributed by atoms with Crippen LogP contribution in [-0.4, -0.2) is 35.4 Å². The molecule has 1 atom stereocenters. The van der Waals surface area contributed by atoms with Crippen LogP contribution in [0.3, 0.4) is 0 Å². The number of carbonyl (C=O) groups excluding carboxylic acids is 2. The molecule has 7 heteroatoms. The Morgan fingerprint density at radius 2 is 1.78 bits per heavy atom. The standard InChI is InChI=1S/C29H30FNO5/c1-17-6-12-23(36-17)25-24(26(32)21-16-19(29(2,3)4)9-13-22(21)35-5)27(33)28(34)31(25)15-14-18-7-10-20(30)11-8-18/h6-13,16,25,32H,14-15H2,1-5H3/b26-24+. The number of nitrogens with zero attached hydrogens (tertiary/aromatic N) is 1. The van der Waals surface area contributed by atoms with Crippen molar-refractivity contribution in [3.8, 4) is 5.75 Å². The zero-order chi connectivity index (χ0) is 26.2. The van der Waals surface area contributed by atoms with Gasteiger partial charge in [0.1, 0.15) is 34.9 Å². The van der Waals surface area contributed by atoms with Gasteiger partial charge in [0.15, 0.2) is 0 Å². The molecular weight excluding hydrogens is 461 g/mol. The fourth-order valence-corrected chi connectivity index (χ4v) is 4.41. The third kappa shape index (κ3) is 4.78. The molecule has 188 valence electrons. The molecule has 0 radical (unpaired) electrons. The number of methoxy groups -OCH3 is 1. The maximum Gasteiger partial charge on any atom is 0.295 e. The summed E-state index contributed by atoms with van der Waals surface area (Å²) in [5.74, 6) is -0.832. The van der Waals surface area contributed by atoms with Crippen molar-refractivity contribution in [3.63, 3.8) is 0 Å². The van der Waals surface area contributed by atoms with E-state index >= 15 is 0 Å². The molecule has 36 heavy (non-hydrogen) atoms. The van der Waals surface area contributed by atoms with Gasteiger partial charge in [-0.05, 0) is 66.3 Å². The van der Waals surface area contributed by atoms with E-state index in [0.29, 0.717) is 29.3 Å². The third-order valence-electron chi connectivity index (χ3n) is 6.45. The Kier molecular flexibility index (Phi) is 6.76. The molecule has 6 nitrogen and oxygen atoms in total. The van der Waals surface area contributed by atoms with Crippen LogP contribution in [0.1, 0.15) is 55.0 Å². The van der Waals surface area contributed by atoms with Crippen molar-refractivity contribution in [3.05, 3.63) is 94.2 Å². The van der Waals surface area contributed by atoms with E-state index in [0.717, 1.165) is 11.1 Å². The van der Waals surface area contributed by atoms with E-state index in [1.165, 1.54) is 24.1 Å². The minimum absolute atomic E-state index is 0.0576. The summed E-state index contributed by atoms with van der Waals surface area (Å²) < 4.78 is 24.7. The van der Waals surface area contributed by atoms with Crippen LogP contribution in [-0.2, 0) is 21.4 Å². The van der Waals surface area contributed by atoms with Gasteiger partial charge in [0.25, 0.3) is 11.7 Å². The van der Waals surface area contributed by atoms with E-state index in [2.05, 4.69) is 0 Å². The Morgan fingerprint density at radius 3 is 2.36 bits per heavy atom. The normalized spacial score (nSPS) is 17.6. The van der Waals surface area contributed by atoms with E-state index in [9.17, 15) is 19.1 Å². The number of aryl methyl sites for hydroxylation is 1. The number of aliphatic hydroxyl groups is 1. The van der Waals surface area contributed by atoms with Crippen molar-refractivity contribution in [1.29, 1.82) is 0 Å². The maximum atomic E-state index is 13.3. The van der Waals surface area contributed by atoms with Gasteiger partial charge in [-0.1, -0.05) is 39.0 Å². The molecule has 1 unspecified atom stereocenters. The van der Waals surface area contributed by atoms with Crippen LogP contribution >= 0.6 is 0 Å². The first-order valence-corrected chi connectivity index (χ1v) is 11.8. The average molecular weight is 492 g/mol. The lowest BCUT2D eigenvalue weighted by molar-refractivity contribution is -0.140. The minimum atomic E-state index is -0.915. The van der Waals surface area contributed by atoms with Crippen molar-refractivity contribution >= 4 is 17.4 Å². The van der Waals surface area contributed by atoms with E-state index in [4.69, 9.17) is 9.15 Å². The zero-order valence-corrected chi connectivity index (χ0v) is 21.1. The molecule has 1 aliphatic heterocycles. The van der Waals surface area contributed by atoms with Gasteiger partial charge in [-0.25, -0.2) is 4.39 Å². The van der Waals surface area contributed by atoms with Gasteiger partial charge in [0.05, 0.1) is 18.2 Å². The Bertz CT molecular complexity index is 1330. The molecule has 1 N–H and O–H groups in total. The lowest BCUT2D eigenvalue weighted by Crippen LogP contribution is -2.31. The summed E-state index contributed by atoms with van der Waals surface area (Å²) in [5.41, 5.74) is 1.79. The molecule has 1 amide bonds. The predicted octanol–water partition coefficient (Wildman–Crippen LogP) is 5.70. The first-order chi connectivity index (χ1) is 17.0. The first-order valence-electron chi connectivity index (χ1n) is 11.8. The molecule has 1 fully saturated rings. The summed E-state index contributed by atoms with van der Waals surface area (Å²) in [7, 11) is 1.48. The molecule has 4 rings (SSSR count). The SMILES string of the molecule is COc1ccc(C(C)(C)C)cc1/C(O)=C1\C(=O)C(=O)N(CCc2ccc(F)cc2)C1c1ccc(C)o1. The molecule has 0 bridgehead atoms. The number of ether oxygens (including phenoxy) is 1. The van der Waals surface area contributed by atoms with Gasteiger partial charge < -0.3 is 19.2 Å². The number of aliphatic hydroxyl groups excluding tert-OH is 1. The van der Waals surface area contributed by atoms with Crippen LogP contribution in [0.4, 0.5) is 4.39 Å². The van der Waals surface area contributed by atoms with Crippen molar-refractivity contribution in [2.45, 2.75) is 45.6 Å². The number of carbonyl (C=O) groups is 2. The topological polar surface area (TPSA) is 80.0 Å². The third-order valence-corrected chi connectivity index (χ3v) is 6.45. The second-order valence-electron chi connectivity index (χ2n) is 9.98. The van der Waals surface area contributed by atoms with Crippen LogP contribution in [0.2, 0.25) is 0 Å². The first kappa shape index (κ1) is 25.2. The highest BCUT2D eigenvalue weighted by atomic mass is 19.1. The molecule has 0 spiro atoms. The molecule has 3 aromatic rings.